The molecule has 1 unspecified atom stereocenters. The van der Waals surface area contributed by atoms with Crippen molar-refractivity contribution >= 4 is 0 Å². The molecule has 0 heterocycles. The summed E-state index contributed by atoms with van der Waals surface area (Å²) in [4.78, 5) is 0. The first-order valence-corrected chi connectivity index (χ1v) is 4.58. The van der Waals surface area contributed by atoms with Crippen LogP contribution in [0.25, 0.3) is 0 Å². The van der Waals surface area contributed by atoms with Gasteiger partial charge in [0.25, 0.3) is 0 Å². The van der Waals surface area contributed by atoms with E-state index in [1.54, 1.807) is 6.08 Å². The van der Waals surface area contributed by atoms with Gasteiger partial charge in [0.2, 0.25) is 0 Å². The van der Waals surface area contributed by atoms with Gasteiger partial charge in [-0.05, 0) is 25.5 Å². The number of aliphatic hydroxyl groups is 1. The summed E-state index contributed by atoms with van der Waals surface area (Å²) in [6.07, 6.45) is 10.0. The zero-order valence-electron chi connectivity index (χ0n) is 8.16. The second kappa shape index (κ2) is 4.40. The summed E-state index contributed by atoms with van der Waals surface area (Å²) in [5.74, 6) is -1.08. The van der Waals surface area contributed by atoms with E-state index >= 15 is 0 Å². The molecule has 0 aromatic rings. The molecule has 0 saturated heterocycles. The lowest BCUT2D eigenvalue weighted by molar-refractivity contribution is -0.161. The first-order chi connectivity index (χ1) is 6.20. The summed E-state index contributed by atoms with van der Waals surface area (Å²) in [6.45, 7) is 4.36. The molecule has 0 aromatic heterocycles. The summed E-state index contributed by atoms with van der Waals surface area (Å²) in [5.41, 5.74) is 1.12. The lowest BCUT2D eigenvalue weighted by Crippen LogP contribution is -2.30. The molecule has 1 atom stereocenters. The Labute approximate surface area is 79.2 Å². The molecule has 0 spiro atoms. The van der Waals surface area contributed by atoms with Gasteiger partial charge in [-0.25, -0.2) is 0 Å². The number of hydrogen-bond donors (Lipinski definition) is 1. The summed E-state index contributed by atoms with van der Waals surface area (Å²) < 4.78 is 5.20. The highest BCUT2D eigenvalue weighted by molar-refractivity contribution is 5.34. The van der Waals surface area contributed by atoms with Gasteiger partial charge >= 0.3 is 0 Å². The summed E-state index contributed by atoms with van der Waals surface area (Å²) in [6, 6.07) is 0. The van der Waals surface area contributed by atoms with Crippen molar-refractivity contribution in [3.05, 3.63) is 36.0 Å². The summed E-state index contributed by atoms with van der Waals surface area (Å²) in [7, 11) is 0. The minimum atomic E-state index is -1.08. The van der Waals surface area contributed by atoms with E-state index < -0.39 is 5.79 Å². The van der Waals surface area contributed by atoms with Crippen molar-refractivity contribution < 1.29 is 9.84 Å². The largest absolute Gasteiger partial charge is 0.362 e. The smallest absolute Gasteiger partial charge is 0.189 e. The average molecular weight is 180 g/mol. The van der Waals surface area contributed by atoms with Crippen molar-refractivity contribution in [1.29, 1.82) is 0 Å². The number of rotatable bonds is 3. The van der Waals surface area contributed by atoms with Gasteiger partial charge in [0.15, 0.2) is 5.79 Å². The van der Waals surface area contributed by atoms with Crippen molar-refractivity contribution in [3.63, 3.8) is 0 Å². The molecule has 2 nitrogen and oxygen atoms in total. The molecule has 0 radical (unpaired) electrons. The van der Waals surface area contributed by atoms with Crippen LogP contribution in [-0.2, 0) is 4.74 Å². The molecule has 72 valence electrons. The molecule has 0 bridgehead atoms. The fourth-order valence-corrected chi connectivity index (χ4v) is 1.30. The minimum Gasteiger partial charge on any atom is -0.362 e. The van der Waals surface area contributed by atoms with Crippen molar-refractivity contribution in [2.24, 2.45) is 0 Å². The van der Waals surface area contributed by atoms with Crippen LogP contribution in [0, 0.1) is 0 Å². The third kappa shape index (κ3) is 2.83. The molecule has 0 saturated carbocycles. The SMILES string of the molecule is CC=CC1=CCC(O)(OCC)C=C1. The third-order valence-electron chi connectivity index (χ3n) is 1.92. The predicted molar refractivity (Wildman–Crippen MR) is 53.2 cm³/mol. The lowest BCUT2D eigenvalue weighted by atomic mass is 10.0. The Balaban J connectivity index is 2.61. The van der Waals surface area contributed by atoms with Crippen molar-refractivity contribution in [2.75, 3.05) is 6.61 Å². The Morgan fingerprint density at radius 2 is 2.46 bits per heavy atom. The number of allylic oxidation sites excluding steroid dienone is 4. The van der Waals surface area contributed by atoms with Gasteiger partial charge in [-0.2, -0.15) is 0 Å². The standard InChI is InChI=1S/C11H16O2/c1-3-5-10-6-8-11(12,9-7-10)13-4-2/h3,5-8,12H,4,9H2,1-2H3. The molecule has 0 aromatic carbocycles. The molecule has 1 aliphatic rings. The van der Waals surface area contributed by atoms with Crippen LogP contribution in [0.2, 0.25) is 0 Å². The zero-order chi connectivity index (χ0) is 9.73. The third-order valence-corrected chi connectivity index (χ3v) is 1.92. The van der Waals surface area contributed by atoms with Crippen molar-refractivity contribution in [3.8, 4) is 0 Å². The molecule has 0 aliphatic heterocycles. The summed E-state index contributed by atoms with van der Waals surface area (Å²) in [5, 5.41) is 9.78. The Hall–Kier alpha value is -0.860. The van der Waals surface area contributed by atoms with Crippen LogP contribution < -0.4 is 0 Å². The zero-order valence-corrected chi connectivity index (χ0v) is 8.16. The fourth-order valence-electron chi connectivity index (χ4n) is 1.30. The van der Waals surface area contributed by atoms with Crippen LogP contribution >= 0.6 is 0 Å². The summed E-state index contributed by atoms with van der Waals surface area (Å²) >= 11 is 0. The van der Waals surface area contributed by atoms with Gasteiger partial charge < -0.3 is 9.84 Å². The van der Waals surface area contributed by atoms with Crippen molar-refractivity contribution in [1.82, 2.24) is 0 Å². The second-order valence-electron chi connectivity index (χ2n) is 3.02. The molecular formula is C11H16O2. The first kappa shape index (κ1) is 10.2. The van der Waals surface area contributed by atoms with Crippen molar-refractivity contribution in [2.45, 2.75) is 26.1 Å². The van der Waals surface area contributed by atoms with Crippen LogP contribution in [0.1, 0.15) is 20.3 Å². The molecule has 1 aliphatic carbocycles. The van der Waals surface area contributed by atoms with E-state index in [4.69, 9.17) is 4.74 Å². The minimum absolute atomic E-state index is 0.521. The molecule has 0 fully saturated rings. The van der Waals surface area contributed by atoms with Crippen LogP contribution in [0.15, 0.2) is 36.0 Å². The highest BCUT2D eigenvalue weighted by Crippen LogP contribution is 2.22. The van der Waals surface area contributed by atoms with Crippen LogP contribution in [0.3, 0.4) is 0 Å². The molecular weight excluding hydrogens is 164 g/mol. The quantitative estimate of drug-likeness (QED) is 0.674. The van der Waals surface area contributed by atoms with E-state index in [0.717, 1.165) is 5.57 Å². The van der Waals surface area contributed by atoms with Gasteiger partial charge in [0.05, 0.1) is 0 Å². The Bertz CT molecular complexity index is 251. The Morgan fingerprint density at radius 1 is 1.69 bits per heavy atom. The topological polar surface area (TPSA) is 29.5 Å². The fraction of sp³-hybridized carbons (Fsp3) is 0.455. The van der Waals surface area contributed by atoms with E-state index in [2.05, 4.69) is 0 Å². The van der Waals surface area contributed by atoms with Gasteiger partial charge in [-0.1, -0.05) is 24.3 Å². The maximum atomic E-state index is 9.78. The highest BCUT2D eigenvalue weighted by atomic mass is 16.6. The van der Waals surface area contributed by atoms with Gasteiger partial charge in [-0.15, -0.1) is 0 Å². The maximum absolute atomic E-state index is 9.78. The molecule has 1 N–H and O–H groups in total. The Morgan fingerprint density at radius 3 is 2.92 bits per heavy atom. The molecule has 1 rings (SSSR count). The van der Waals surface area contributed by atoms with Crippen LogP contribution in [0.4, 0.5) is 0 Å². The van der Waals surface area contributed by atoms with Gasteiger partial charge in [0.1, 0.15) is 0 Å². The van der Waals surface area contributed by atoms with Gasteiger partial charge in [0, 0.05) is 13.0 Å². The molecule has 2 heteroatoms. The van der Waals surface area contributed by atoms with Crippen LogP contribution in [0.5, 0.6) is 0 Å². The maximum Gasteiger partial charge on any atom is 0.189 e. The predicted octanol–water partition coefficient (Wildman–Crippen LogP) is 2.17. The highest BCUT2D eigenvalue weighted by Gasteiger charge is 2.24. The van der Waals surface area contributed by atoms with E-state index in [-0.39, 0.29) is 0 Å². The van der Waals surface area contributed by atoms with E-state index in [1.807, 2.05) is 38.2 Å². The number of ether oxygens (including phenoxy) is 1. The average Bonchev–Trinajstić information content (AvgIpc) is 2.10. The second-order valence-corrected chi connectivity index (χ2v) is 3.02. The number of hydrogen-bond acceptors (Lipinski definition) is 2. The molecule has 0 amide bonds. The van der Waals surface area contributed by atoms with E-state index in [1.165, 1.54) is 0 Å². The lowest BCUT2D eigenvalue weighted by Gasteiger charge is -2.25. The van der Waals surface area contributed by atoms with Gasteiger partial charge in [-0.3, -0.25) is 0 Å². The monoisotopic (exact) mass is 180 g/mol. The Kier molecular flexibility index (Phi) is 3.46. The molecule has 13 heavy (non-hydrogen) atoms. The normalized spacial score (nSPS) is 28.1. The first-order valence-electron chi connectivity index (χ1n) is 4.58. The van der Waals surface area contributed by atoms with E-state index in [9.17, 15) is 5.11 Å². The van der Waals surface area contributed by atoms with E-state index in [0.29, 0.717) is 13.0 Å². The van der Waals surface area contributed by atoms with Crippen LogP contribution in [-0.4, -0.2) is 17.5 Å².